The average molecular weight is 391 g/mol. The minimum atomic E-state index is -0.720. The van der Waals surface area contributed by atoms with Crippen molar-refractivity contribution < 1.29 is 19.3 Å². The zero-order chi connectivity index (χ0) is 19.9. The number of nitrogens with one attached hydrogen (secondary N) is 1. The summed E-state index contributed by atoms with van der Waals surface area (Å²) in [6, 6.07) is 9.15. The molecule has 1 N–H and O–H groups in total. The molecule has 3 rings (SSSR count). The molecule has 2 atom stereocenters. The van der Waals surface area contributed by atoms with E-state index in [1.807, 2.05) is 35.2 Å². The maximum absolute atomic E-state index is 12.5. The highest BCUT2D eigenvalue weighted by Crippen LogP contribution is 2.17. The number of benzene rings is 1. The van der Waals surface area contributed by atoms with Crippen molar-refractivity contribution in [3.05, 3.63) is 46.0 Å². The van der Waals surface area contributed by atoms with Crippen molar-refractivity contribution in [2.75, 3.05) is 33.6 Å². The first-order valence-electron chi connectivity index (χ1n) is 9.26. The molecule has 10 nitrogen and oxygen atoms in total. The standard InChI is InChI=1S/C18H25N5O5/c1-27-17(24)16(10-14-6-3-2-4-7-14)22-12-19-18(20-23(25)26)21(13-22)11-15-8-5-9-28-15/h2-4,6-7,15-16H,5,8-13H2,1H3,(H,19,20). The van der Waals surface area contributed by atoms with Crippen LogP contribution < -0.4 is 5.32 Å². The predicted molar refractivity (Wildman–Crippen MR) is 101 cm³/mol. The summed E-state index contributed by atoms with van der Waals surface area (Å²) < 4.78 is 10.7. The molecule has 152 valence electrons. The van der Waals surface area contributed by atoms with Crippen LogP contribution in [0, 0.1) is 10.1 Å². The van der Waals surface area contributed by atoms with E-state index in [1.165, 1.54) is 7.11 Å². The van der Waals surface area contributed by atoms with Gasteiger partial charge >= 0.3 is 5.97 Å². The molecule has 0 spiro atoms. The Kier molecular flexibility index (Phi) is 6.77. The summed E-state index contributed by atoms with van der Waals surface area (Å²) in [5.74, 6) is -0.169. The number of carbonyl (C=O) groups is 1. The van der Waals surface area contributed by atoms with Crippen LogP contribution >= 0.6 is 0 Å². The second kappa shape index (κ2) is 9.47. The van der Waals surface area contributed by atoms with Crippen molar-refractivity contribution >= 4 is 11.9 Å². The first-order valence-corrected chi connectivity index (χ1v) is 9.26. The molecule has 28 heavy (non-hydrogen) atoms. The van der Waals surface area contributed by atoms with Gasteiger partial charge in [-0.05, 0) is 24.8 Å². The fraction of sp³-hybridized carbons (Fsp3) is 0.556. The minimum Gasteiger partial charge on any atom is -0.468 e. The molecule has 2 saturated heterocycles. The van der Waals surface area contributed by atoms with Gasteiger partial charge < -0.3 is 19.7 Å². The van der Waals surface area contributed by atoms with Gasteiger partial charge in [-0.25, -0.2) is 10.1 Å². The predicted octanol–water partition coefficient (Wildman–Crippen LogP) is 0.620. The molecule has 1 aromatic carbocycles. The molecule has 10 heteroatoms. The molecule has 2 aliphatic heterocycles. The quantitative estimate of drug-likeness (QED) is 0.409. The normalized spacial score (nSPS) is 22.7. The van der Waals surface area contributed by atoms with Crippen molar-refractivity contribution in [2.24, 2.45) is 5.10 Å². The van der Waals surface area contributed by atoms with Crippen LogP contribution in [0.2, 0.25) is 0 Å². The Balaban J connectivity index is 1.76. The van der Waals surface area contributed by atoms with Gasteiger partial charge in [0.15, 0.2) is 5.03 Å². The molecular formula is C18H25N5O5. The third-order valence-corrected chi connectivity index (χ3v) is 4.90. The summed E-state index contributed by atoms with van der Waals surface area (Å²) in [6.07, 6.45) is 2.33. The number of rotatable bonds is 7. The van der Waals surface area contributed by atoms with Gasteiger partial charge in [-0.1, -0.05) is 30.3 Å². The van der Waals surface area contributed by atoms with Crippen molar-refractivity contribution in [1.82, 2.24) is 15.1 Å². The van der Waals surface area contributed by atoms with Crippen molar-refractivity contribution in [3.8, 4) is 0 Å². The van der Waals surface area contributed by atoms with Gasteiger partial charge in [0.25, 0.3) is 5.96 Å². The molecule has 2 unspecified atom stereocenters. The van der Waals surface area contributed by atoms with E-state index in [0.717, 1.165) is 18.4 Å². The van der Waals surface area contributed by atoms with Crippen molar-refractivity contribution in [3.63, 3.8) is 0 Å². The number of hydrazone groups is 1. The number of nitro groups is 1. The minimum absolute atomic E-state index is 0.00981. The molecule has 0 aliphatic carbocycles. The van der Waals surface area contributed by atoms with E-state index in [-0.39, 0.29) is 24.7 Å². The Morgan fingerprint density at radius 2 is 2.25 bits per heavy atom. The van der Waals surface area contributed by atoms with Gasteiger partial charge in [0, 0.05) is 13.2 Å². The van der Waals surface area contributed by atoms with Crippen LogP contribution in [0.3, 0.4) is 0 Å². The SMILES string of the molecule is COC(=O)C(Cc1ccccc1)N1CN/C(=N\[N+](=O)[O-])N(CC2CCCO2)C1. The Bertz CT molecular complexity index is 708. The highest BCUT2D eigenvalue weighted by Gasteiger charge is 2.35. The highest BCUT2D eigenvalue weighted by atomic mass is 16.7. The van der Waals surface area contributed by atoms with Crippen LogP contribution in [0.4, 0.5) is 0 Å². The topological polar surface area (TPSA) is 110 Å². The lowest BCUT2D eigenvalue weighted by Gasteiger charge is -2.40. The van der Waals surface area contributed by atoms with E-state index in [2.05, 4.69) is 10.4 Å². The Morgan fingerprint density at radius 1 is 1.46 bits per heavy atom. The number of carbonyl (C=O) groups excluding carboxylic acids is 1. The van der Waals surface area contributed by atoms with E-state index in [9.17, 15) is 14.9 Å². The lowest BCUT2D eigenvalue weighted by molar-refractivity contribution is -0.486. The van der Waals surface area contributed by atoms with Crippen molar-refractivity contribution in [2.45, 2.75) is 31.4 Å². The van der Waals surface area contributed by atoms with E-state index >= 15 is 0 Å². The number of methoxy groups -OCH3 is 1. The largest absolute Gasteiger partial charge is 0.468 e. The van der Waals surface area contributed by atoms with Crippen LogP contribution in [0.1, 0.15) is 18.4 Å². The van der Waals surface area contributed by atoms with E-state index in [4.69, 9.17) is 9.47 Å². The molecule has 0 saturated carbocycles. The molecule has 0 aromatic heterocycles. The number of guanidine groups is 1. The molecule has 2 aliphatic rings. The lowest BCUT2D eigenvalue weighted by Crippen LogP contribution is -2.62. The third kappa shape index (κ3) is 5.17. The Morgan fingerprint density at radius 3 is 2.89 bits per heavy atom. The summed E-state index contributed by atoms with van der Waals surface area (Å²) in [4.78, 5) is 27.0. The summed E-state index contributed by atoms with van der Waals surface area (Å²) in [5, 5.41) is 16.6. The van der Waals surface area contributed by atoms with Gasteiger partial charge in [-0.15, -0.1) is 0 Å². The number of hydrogen-bond acceptors (Lipinski definition) is 6. The van der Waals surface area contributed by atoms with Crippen LogP contribution in [0.25, 0.3) is 0 Å². The first-order chi connectivity index (χ1) is 13.6. The molecule has 0 amide bonds. The molecule has 2 fully saturated rings. The number of nitrogens with zero attached hydrogens (tertiary/aromatic N) is 4. The maximum Gasteiger partial charge on any atom is 0.323 e. The molecule has 0 radical (unpaired) electrons. The second-order valence-corrected chi connectivity index (χ2v) is 6.81. The fourth-order valence-electron chi connectivity index (χ4n) is 3.52. The van der Waals surface area contributed by atoms with Gasteiger partial charge in [0.1, 0.15) is 11.1 Å². The monoisotopic (exact) mass is 391 g/mol. The van der Waals surface area contributed by atoms with E-state index in [0.29, 0.717) is 26.2 Å². The van der Waals surface area contributed by atoms with E-state index < -0.39 is 11.1 Å². The number of esters is 1. The van der Waals surface area contributed by atoms with Gasteiger partial charge in [-0.3, -0.25) is 9.69 Å². The summed E-state index contributed by atoms with van der Waals surface area (Å²) in [7, 11) is 1.36. The molecule has 1 aromatic rings. The lowest BCUT2D eigenvalue weighted by atomic mass is 10.0. The van der Waals surface area contributed by atoms with Crippen molar-refractivity contribution in [1.29, 1.82) is 0 Å². The van der Waals surface area contributed by atoms with Gasteiger partial charge in [0.05, 0.1) is 26.6 Å². The molecule has 2 heterocycles. The Labute approximate surface area is 163 Å². The maximum atomic E-state index is 12.5. The molecular weight excluding hydrogens is 366 g/mol. The van der Waals surface area contributed by atoms with Crippen LogP contribution in [-0.4, -0.2) is 72.5 Å². The third-order valence-electron chi connectivity index (χ3n) is 4.90. The van der Waals surface area contributed by atoms with Gasteiger partial charge in [0.2, 0.25) is 0 Å². The van der Waals surface area contributed by atoms with Crippen LogP contribution in [0.5, 0.6) is 0 Å². The highest BCUT2D eigenvalue weighted by molar-refractivity contribution is 5.81. The first kappa shape index (κ1) is 20.0. The smallest absolute Gasteiger partial charge is 0.323 e. The average Bonchev–Trinajstić information content (AvgIpc) is 3.20. The summed E-state index contributed by atoms with van der Waals surface area (Å²) in [6.45, 7) is 1.72. The van der Waals surface area contributed by atoms with Gasteiger partial charge in [-0.2, -0.15) is 0 Å². The second-order valence-electron chi connectivity index (χ2n) is 6.81. The molecule has 0 bridgehead atoms. The van der Waals surface area contributed by atoms with Crippen LogP contribution in [0.15, 0.2) is 35.4 Å². The number of hydrogen-bond donors (Lipinski definition) is 1. The number of ether oxygens (including phenoxy) is 2. The summed E-state index contributed by atoms with van der Waals surface area (Å²) in [5.41, 5.74) is 1.01. The van der Waals surface area contributed by atoms with Crippen LogP contribution in [-0.2, 0) is 20.7 Å². The fourth-order valence-corrected chi connectivity index (χ4v) is 3.52. The van der Waals surface area contributed by atoms with E-state index in [1.54, 1.807) is 4.90 Å². The Hall–Kier alpha value is -2.72. The zero-order valence-corrected chi connectivity index (χ0v) is 15.8. The summed E-state index contributed by atoms with van der Waals surface area (Å²) >= 11 is 0. The zero-order valence-electron chi connectivity index (χ0n) is 15.8.